The summed E-state index contributed by atoms with van der Waals surface area (Å²) >= 11 is 3.41. The number of imidazole rings is 1. The number of ether oxygens (including phenoxy) is 1. The van der Waals surface area contributed by atoms with Gasteiger partial charge in [-0.1, -0.05) is 58.4 Å². The largest absolute Gasteiger partial charge is 0.494 e. The van der Waals surface area contributed by atoms with Crippen molar-refractivity contribution in [2.24, 2.45) is 0 Å². The van der Waals surface area contributed by atoms with E-state index < -0.39 is 0 Å². The molecule has 35 heavy (non-hydrogen) atoms. The lowest BCUT2D eigenvalue weighted by atomic mass is 10.1. The predicted molar refractivity (Wildman–Crippen MR) is 144 cm³/mol. The molecule has 176 valence electrons. The molecular formula is C29H26BrN3O2. The van der Waals surface area contributed by atoms with Gasteiger partial charge in [0.2, 0.25) is 0 Å². The molecule has 1 amide bonds. The Kier molecular flexibility index (Phi) is 6.82. The Labute approximate surface area is 212 Å². The van der Waals surface area contributed by atoms with Crippen molar-refractivity contribution in [1.82, 2.24) is 14.9 Å². The third-order valence-corrected chi connectivity index (χ3v) is 6.57. The maximum Gasteiger partial charge on any atom is 0.251 e. The zero-order valence-electron chi connectivity index (χ0n) is 19.4. The van der Waals surface area contributed by atoms with Crippen LogP contribution in [-0.4, -0.2) is 22.1 Å². The summed E-state index contributed by atoms with van der Waals surface area (Å²) in [6.07, 6.45) is 0.813. The van der Waals surface area contributed by atoms with E-state index >= 15 is 0 Å². The molecule has 0 fully saturated rings. The zero-order valence-corrected chi connectivity index (χ0v) is 21.0. The van der Waals surface area contributed by atoms with E-state index in [1.807, 2.05) is 55.5 Å². The van der Waals surface area contributed by atoms with Crippen LogP contribution in [0.2, 0.25) is 0 Å². The molecule has 5 rings (SSSR count). The molecule has 1 heterocycles. The fourth-order valence-electron chi connectivity index (χ4n) is 4.28. The summed E-state index contributed by atoms with van der Waals surface area (Å²) in [6.45, 7) is 3.30. The Morgan fingerprint density at radius 1 is 0.971 bits per heavy atom. The summed E-state index contributed by atoms with van der Waals surface area (Å²) in [5, 5.41) is 5.47. The monoisotopic (exact) mass is 527 g/mol. The van der Waals surface area contributed by atoms with Crippen molar-refractivity contribution in [2.75, 3.05) is 6.61 Å². The molecule has 1 unspecified atom stereocenters. The van der Waals surface area contributed by atoms with Crippen molar-refractivity contribution in [1.29, 1.82) is 0 Å². The fourth-order valence-corrected chi connectivity index (χ4v) is 4.54. The zero-order chi connectivity index (χ0) is 24.2. The van der Waals surface area contributed by atoms with E-state index in [0.717, 1.165) is 40.0 Å². The molecule has 0 bridgehead atoms. The lowest BCUT2D eigenvalue weighted by Gasteiger charge is -2.17. The second kappa shape index (κ2) is 10.3. The summed E-state index contributed by atoms with van der Waals surface area (Å²) in [6, 6.07) is 29.6. The first-order chi connectivity index (χ1) is 17.1. The Morgan fingerprint density at radius 3 is 2.54 bits per heavy atom. The number of fused-ring (bicyclic) bond motifs is 2. The normalized spacial score (nSPS) is 12.1. The quantitative estimate of drug-likeness (QED) is 0.223. The van der Waals surface area contributed by atoms with Crippen LogP contribution >= 0.6 is 15.9 Å². The minimum absolute atomic E-state index is 0.122. The molecule has 6 heteroatoms. The number of benzene rings is 4. The lowest BCUT2D eigenvalue weighted by molar-refractivity contribution is 0.0937. The Balaban J connectivity index is 1.28. The van der Waals surface area contributed by atoms with Gasteiger partial charge in [-0.25, -0.2) is 4.98 Å². The van der Waals surface area contributed by atoms with Crippen LogP contribution in [0.3, 0.4) is 0 Å². The van der Waals surface area contributed by atoms with Crippen LogP contribution in [0.15, 0.2) is 95.5 Å². The first kappa shape index (κ1) is 23.1. The molecule has 0 saturated heterocycles. The number of carbonyl (C=O) groups is 1. The van der Waals surface area contributed by atoms with Gasteiger partial charge < -0.3 is 14.6 Å². The van der Waals surface area contributed by atoms with Crippen LogP contribution in [0.5, 0.6) is 5.75 Å². The molecular weight excluding hydrogens is 502 g/mol. The molecule has 0 saturated carbocycles. The van der Waals surface area contributed by atoms with Gasteiger partial charge in [-0.3, -0.25) is 4.79 Å². The van der Waals surface area contributed by atoms with Crippen LogP contribution in [0, 0.1) is 0 Å². The number of aromatic nitrogens is 2. The first-order valence-corrected chi connectivity index (χ1v) is 12.5. The molecule has 1 aromatic heterocycles. The Morgan fingerprint density at radius 2 is 1.71 bits per heavy atom. The van der Waals surface area contributed by atoms with Crippen LogP contribution in [0.1, 0.15) is 35.6 Å². The van der Waals surface area contributed by atoms with Crippen molar-refractivity contribution < 1.29 is 9.53 Å². The molecule has 4 aromatic carbocycles. The number of aryl methyl sites for hydroxylation is 1. The smallest absolute Gasteiger partial charge is 0.251 e. The third kappa shape index (κ3) is 5.23. The standard InChI is InChI=1S/C29H26BrN3O2/c1-20(31-29(34)22-11-14-24(30)15-12-22)28-32-26-9-4-5-10-27(26)33(28)17-6-18-35-25-16-13-21-7-2-3-8-23(21)19-25/h2-5,7-16,19-20H,6,17-18H2,1H3,(H,31,34). The van der Waals surface area contributed by atoms with E-state index in [-0.39, 0.29) is 11.9 Å². The van der Waals surface area contributed by atoms with Crippen LogP contribution in [0.4, 0.5) is 0 Å². The molecule has 5 nitrogen and oxygen atoms in total. The van der Waals surface area contributed by atoms with Gasteiger partial charge in [-0.05, 0) is 72.6 Å². The molecule has 0 spiro atoms. The van der Waals surface area contributed by atoms with Crippen LogP contribution in [-0.2, 0) is 6.54 Å². The van der Waals surface area contributed by atoms with Crippen molar-refractivity contribution >= 4 is 43.6 Å². The van der Waals surface area contributed by atoms with Gasteiger partial charge in [0, 0.05) is 16.6 Å². The average Bonchev–Trinajstić information content (AvgIpc) is 3.25. The maximum absolute atomic E-state index is 12.8. The van der Waals surface area contributed by atoms with E-state index in [1.54, 1.807) is 12.1 Å². The Hall–Kier alpha value is -3.64. The molecule has 0 aliphatic rings. The molecule has 0 aliphatic carbocycles. The summed E-state index contributed by atoms with van der Waals surface area (Å²) in [4.78, 5) is 17.6. The van der Waals surface area contributed by atoms with Gasteiger partial charge in [0.1, 0.15) is 11.6 Å². The third-order valence-electron chi connectivity index (χ3n) is 6.04. The van der Waals surface area contributed by atoms with Gasteiger partial charge in [0.25, 0.3) is 5.91 Å². The summed E-state index contributed by atoms with van der Waals surface area (Å²) in [7, 11) is 0. The van der Waals surface area contributed by atoms with Gasteiger partial charge in [0.05, 0.1) is 23.7 Å². The number of halogens is 1. The highest BCUT2D eigenvalue weighted by Gasteiger charge is 2.19. The van der Waals surface area contributed by atoms with Crippen molar-refractivity contribution in [3.05, 3.63) is 107 Å². The van der Waals surface area contributed by atoms with E-state index in [2.05, 4.69) is 56.1 Å². The topological polar surface area (TPSA) is 56.2 Å². The summed E-state index contributed by atoms with van der Waals surface area (Å²) in [5.41, 5.74) is 2.59. The highest BCUT2D eigenvalue weighted by atomic mass is 79.9. The van der Waals surface area contributed by atoms with E-state index in [4.69, 9.17) is 9.72 Å². The molecule has 5 aromatic rings. The second-order valence-electron chi connectivity index (χ2n) is 8.52. The minimum Gasteiger partial charge on any atom is -0.494 e. The average molecular weight is 528 g/mol. The minimum atomic E-state index is -0.250. The number of nitrogens with zero attached hydrogens (tertiary/aromatic N) is 2. The van der Waals surface area contributed by atoms with Crippen LogP contribution in [0.25, 0.3) is 21.8 Å². The number of hydrogen-bond acceptors (Lipinski definition) is 3. The number of amides is 1. The van der Waals surface area contributed by atoms with Crippen molar-refractivity contribution in [3.63, 3.8) is 0 Å². The molecule has 0 radical (unpaired) electrons. The van der Waals surface area contributed by atoms with Crippen molar-refractivity contribution in [3.8, 4) is 5.75 Å². The highest BCUT2D eigenvalue weighted by molar-refractivity contribution is 9.10. The number of nitrogens with one attached hydrogen (secondary N) is 1. The molecule has 0 aliphatic heterocycles. The highest BCUT2D eigenvalue weighted by Crippen LogP contribution is 2.23. The van der Waals surface area contributed by atoms with Crippen molar-refractivity contribution in [2.45, 2.75) is 25.9 Å². The SMILES string of the molecule is CC(NC(=O)c1ccc(Br)cc1)c1nc2ccccc2n1CCCOc1ccc2ccccc2c1. The lowest BCUT2D eigenvalue weighted by Crippen LogP contribution is -2.28. The maximum atomic E-state index is 12.8. The number of carbonyl (C=O) groups excluding carboxylic acids is 1. The van der Waals surface area contributed by atoms with Gasteiger partial charge in [-0.15, -0.1) is 0 Å². The summed E-state index contributed by atoms with van der Waals surface area (Å²) in [5.74, 6) is 1.58. The molecule has 1 N–H and O–H groups in total. The Bertz CT molecular complexity index is 1480. The first-order valence-electron chi connectivity index (χ1n) is 11.7. The fraction of sp³-hybridized carbons (Fsp3) is 0.172. The van der Waals surface area contributed by atoms with E-state index in [1.165, 1.54) is 10.8 Å². The van der Waals surface area contributed by atoms with E-state index in [0.29, 0.717) is 12.2 Å². The number of para-hydroxylation sites is 2. The van der Waals surface area contributed by atoms with Gasteiger partial charge in [0.15, 0.2) is 0 Å². The second-order valence-corrected chi connectivity index (χ2v) is 9.44. The van der Waals surface area contributed by atoms with E-state index in [9.17, 15) is 4.79 Å². The summed E-state index contributed by atoms with van der Waals surface area (Å²) < 4.78 is 9.18. The molecule has 1 atom stereocenters. The number of rotatable bonds is 8. The predicted octanol–water partition coefficient (Wildman–Crippen LogP) is 6.91. The van der Waals surface area contributed by atoms with Gasteiger partial charge >= 0.3 is 0 Å². The van der Waals surface area contributed by atoms with Gasteiger partial charge in [-0.2, -0.15) is 0 Å². The number of hydrogen-bond donors (Lipinski definition) is 1. The van der Waals surface area contributed by atoms with Crippen LogP contribution < -0.4 is 10.1 Å².